The molecule has 5 nitrogen and oxygen atoms in total. The fraction of sp³-hybridized carbons (Fsp3) is 0.576. The predicted molar refractivity (Wildman–Crippen MR) is 155 cm³/mol. The van der Waals surface area contributed by atoms with Gasteiger partial charge < -0.3 is 14.2 Å². The number of nitrogens with zero attached hydrogens (tertiary/aromatic N) is 1. The van der Waals surface area contributed by atoms with E-state index in [1.54, 1.807) is 7.11 Å². The summed E-state index contributed by atoms with van der Waals surface area (Å²) in [5.41, 5.74) is 4.59. The number of methoxy groups -OCH3 is 1. The first-order valence-electron chi connectivity index (χ1n) is 14.2. The molecule has 3 rings (SSSR count). The third-order valence-electron chi connectivity index (χ3n) is 7.76. The van der Waals surface area contributed by atoms with Crippen molar-refractivity contribution in [2.45, 2.75) is 79.4 Å². The normalized spacial score (nSPS) is 19.6. The van der Waals surface area contributed by atoms with Crippen molar-refractivity contribution in [3.63, 3.8) is 0 Å². The van der Waals surface area contributed by atoms with Gasteiger partial charge in [0.25, 0.3) is 0 Å². The third kappa shape index (κ3) is 8.42. The van der Waals surface area contributed by atoms with Crippen LogP contribution in [0.5, 0.6) is 5.75 Å². The van der Waals surface area contributed by atoms with Gasteiger partial charge in [-0.15, -0.1) is 0 Å². The fourth-order valence-electron chi connectivity index (χ4n) is 5.10. The lowest BCUT2D eigenvalue weighted by Crippen LogP contribution is -2.27. The van der Waals surface area contributed by atoms with E-state index in [-0.39, 0.29) is 30.0 Å². The Kier molecular flexibility index (Phi) is 11.4. The van der Waals surface area contributed by atoms with Gasteiger partial charge in [0, 0.05) is 26.6 Å². The molecule has 0 radical (unpaired) electrons. The van der Waals surface area contributed by atoms with Crippen LogP contribution in [0.2, 0.25) is 0 Å². The van der Waals surface area contributed by atoms with Crippen LogP contribution in [0, 0.1) is 30.6 Å². The highest BCUT2D eigenvalue weighted by Crippen LogP contribution is 2.33. The molecule has 0 amide bonds. The second-order valence-electron chi connectivity index (χ2n) is 11.4. The molecular weight excluding hydrogens is 474 g/mol. The lowest BCUT2D eigenvalue weighted by Gasteiger charge is -2.25. The average molecular weight is 522 g/mol. The van der Waals surface area contributed by atoms with Gasteiger partial charge in [0.2, 0.25) is 0 Å². The van der Waals surface area contributed by atoms with Crippen LogP contribution in [-0.4, -0.2) is 38.1 Å². The number of hydrogen-bond acceptors (Lipinski definition) is 5. The van der Waals surface area contributed by atoms with Crippen LogP contribution in [-0.2, 0) is 20.7 Å². The Labute approximate surface area is 230 Å². The first-order chi connectivity index (χ1) is 18.2. The van der Waals surface area contributed by atoms with Crippen molar-refractivity contribution in [2.75, 3.05) is 20.3 Å². The Hall–Kier alpha value is -2.66. The summed E-state index contributed by atoms with van der Waals surface area (Å²) in [6, 6.07) is 16.9. The predicted octanol–water partition coefficient (Wildman–Crippen LogP) is 7.41. The van der Waals surface area contributed by atoms with Gasteiger partial charge in [-0.2, -0.15) is 0 Å². The largest absolute Gasteiger partial charge is 0.493 e. The summed E-state index contributed by atoms with van der Waals surface area (Å²) in [5, 5.41) is 0. The third-order valence-corrected chi connectivity index (χ3v) is 7.76. The number of cyclic esters (lactones) is 1. The van der Waals surface area contributed by atoms with Crippen molar-refractivity contribution in [2.24, 2.45) is 28.7 Å². The molecule has 0 unspecified atom stereocenters. The van der Waals surface area contributed by atoms with Gasteiger partial charge in [-0.1, -0.05) is 70.2 Å². The second-order valence-corrected chi connectivity index (χ2v) is 11.4. The summed E-state index contributed by atoms with van der Waals surface area (Å²) in [7, 11) is 1.71. The Morgan fingerprint density at radius 1 is 1.05 bits per heavy atom. The quantitative estimate of drug-likeness (QED) is 0.148. The number of carbonyl (C=O) groups is 1. The molecule has 0 saturated carbocycles. The topological polar surface area (TPSA) is 57.1 Å². The zero-order valence-electron chi connectivity index (χ0n) is 24.4. The molecule has 0 aromatic heterocycles. The number of aryl methyl sites for hydroxylation is 1. The first kappa shape index (κ1) is 29.9. The molecule has 1 heterocycles. The highest BCUT2D eigenvalue weighted by molar-refractivity contribution is 5.93. The molecule has 0 aliphatic carbocycles. The van der Waals surface area contributed by atoms with Gasteiger partial charge in [-0.3, -0.25) is 9.79 Å². The summed E-state index contributed by atoms with van der Waals surface area (Å²) < 4.78 is 17.2. The summed E-state index contributed by atoms with van der Waals surface area (Å²) in [5.74, 6) is 1.85. The minimum atomic E-state index is -0.250. The summed E-state index contributed by atoms with van der Waals surface area (Å²) in [4.78, 5) is 17.9. The number of esters is 1. The van der Waals surface area contributed by atoms with Gasteiger partial charge in [0.1, 0.15) is 11.9 Å². The number of carbonyl (C=O) groups excluding carboxylic acids is 1. The maximum absolute atomic E-state index is 12.7. The maximum Gasteiger partial charge on any atom is 0.310 e. The summed E-state index contributed by atoms with van der Waals surface area (Å²) in [6.07, 6.45) is 3.05. The maximum atomic E-state index is 12.7. The van der Waals surface area contributed by atoms with E-state index >= 15 is 0 Å². The molecular formula is C33H47NO4. The van der Waals surface area contributed by atoms with Crippen LogP contribution in [0.4, 0.5) is 0 Å². The van der Waals surface area contributed by atoms with E-state index in [1.807, 2.05) is 6.07 Å². The minimum absolute atomic E-state index is 0.00212. The van der Waals surface area contributed by atoms with Crippen molar-refractivity contribution in [1.29, 1.82) is 0 Å². The molecule has 1 fully saturated rings. The number of benzene rings is 2. The lowest BCUT2D eigenvalue weighted by molar-refractivity contribution is -0.143. The Morgan fingerprint density at radius 2 is 1.79 bits per heavy atom. The molecule has 0 N–H and O–H groups in total. The fourth-order valence-corrected chi connectivity index (χ4v) is 5.10. The monoisotopic (exact) mass is 521 g/mol. The van der Waals surface area contributed by atoms with Gasteiger partial charge in [0.15, 0.2) is 0 Å². The zero-order valence-corrected chi connectivity index (χ0v) is 24.4. The van der Waals surface area contributed by atoms with Crippen LogP contribution in [0.1, 0.15) is 76.6 Å². The average Bonchev–Trinajstić information content (AvgIpc) is 3.29. The van der Waals surface area contributed by atoms with Crippen LogP contribution in [0.3, 0.4) is 0 Å². The Morgan fingerprint density at radius 3 is 2.42 bits per heavy atom. The zero-order chi connectivity index (χ0) is 27.7. The first-order valence-corrected chi connectivity index (χ1v) is 14.2. The van der Waals surface area contributed by atoms with Crippen molar-refractivity contribution in [1.82, 2.24) is 0 Å². The molecule has 1 aliphatic rings. The molecule has 2 aromatic rings. The summed E-state index contributed by atoms with van der Waals surface area (Å²) >= 11 is 0. The lowest BCUT2D eigenvalue weighted by atomic mass is 9.82. The van der Waals surface area contributed by atoms with E-state index in [2.05, 4.69) is 84.0 Å². The molecule has 4 atom stereocenters. The Balaban J connectivity index is 1.83. The van der Waals surface area contributed by atoms with E-state index in [0.29, 0.717) is 31.5 Å². The molecule has 1 aliphatic heterocycles. The van der Waals surface area contributed by atoms with Crippen molar-refractivity contribution in [3.8, 4) is 5.75 Å². The minimum Gasteiger partial charge on any atom is -0.493 e. The highest BCUT2D eigenvalue weighted by atomic mass is 16.6. The second kappa shape index (κ2) is 14.5. The van der Waals surface area contributed by atoms with Crippen LogP contribution in [0.25, 0.3) is 0 Å². The number of aliphatic imine (C=N–C) groups is 1. The molecule has 38 heavy (non-hydrogen) atoms. The summed E-state index contributed by atoms with van der Waals surface area (Å²) in [6.45, 7) is 14.3. The van der Waals surface area contributed by atoms with Gasteiger partial charge in [-0.05, 0) is 67.2 Å². The molecule has 0 spiro atoms. The number of rotatable bonds is 14. The number of ether oxygens (including phenoxy) is 3. The van der Waals surface area contributed by atoms with Crippen LogP contribution in [0.15, 0.2) is 53.5 Å². The molecule has 1 saturated heterocycles. The molecule has 2 aromatic carbocycles. The highest BCUT2D eigenvalue weighted by Gasteiger charge is 2.39. The molecule has 5 heteroatoms. The van der Waals surface area contributed by atoms with Crippen LogP contribution < -0.4 is 4.74 Å². The van der Waals surface area contributed by atoms with Crippen molar-refractivity contribution < 1.29 is 19.0 Å². The Bertz CT molecular complexity index is 1050. The van der Waals surface area contributed by atoms with E-state index in [0.717, 1.165) is 36.3 Å². The van der Waals surface area contributed by atoms with Crippen molar-refractivity contribution >= 4 is 11.7 Å². The standard InChI is InChI=1S/C33H47NO4/c1-22(2)28(18-26-15-14-24(5)31(19-26)37-17-11-16-36-7)20-30(32-21-29(23(3)4)33(35)38-32)34-25(6)27-12-9-8-10-13-27/h8-10,12-15,19,22-23,25,28-29,32H,11,16-18,20-21H2,1-7H3/t25-,28+,29+,32+/m1/s1. The van der Waals surface area contributed by atoms with Gasteiger partial charge in [0.05, 0.1) is 24.3 Å². The smallest absolute Gasteiger partial charge is 0.310 e. The molecule has 208 valence electrons. The van der Waals surface area contributed by atoms with E-state index in [1.165, 1.54) is 11.1 Å². The number of hydrogen-bond donors (Lipinski definition) is 0. The van der Waals surface area contributed by atoms with Crippen LogP contribution >= 0.6 is 0 Å². The van der Waals surface area contributed by atoms with E-state index in [9.17, 15) is 4.79 Å². The molecule has 0 bridgehead atoms. The van der Waals surface area contributed by atoms with Gasteiger partial charge >= 0.3 is 5.97 Å². The van der Waals surface area contributed by atoms with Crippen molar-refractivity contribution in [3.05, 3.63) is 65.2 Å². The van der Waals surface area contributed by atoms with E-state index in [4.69, 9.17) is 19.2 Å². The SMILES string of the molecule is COCCCOc1cc(C[C@@H](CC(=N[C@H](C)c2ccccc2)[C@@H]2C[C@@H](C(C)C)C(=O)O2)C(C)C)ccc1C. The van der Waals surface area contributed by atoms with Gasteiger partial charge in [-0.25, -0.2) is 0 Å². The van der Waals surface area contributed by atoms with E-state index < -0.39 is 0 Å².